The number of benzene rings is 3. The quantitative estimate of drug-likeness (QED) is 0.660. The number of amides is 2. The maximum Gasteiger partial charge on any atom is 0.265 e. The molecule has 0 aliphatic heterocycles. The first kappa shape index (κ1) is 19.2. The molecule has 0 saturated heterocycles. The minimum Gasteiger partial charge on any atom is -0.481 e. The van der Waals surface area contributed by atoms with Gasteiger partial charge in [-0.1, -0.05) is 48.0 Å². The Balaban J connectivity index is 1.69. The van der Waals surface area contributed by atoms with Crippen LogP contribution >= 0.6 is 0 Å². The Labute approximate surface area is 164 Å². The largest absolute Gasteiger partial charge is 0.481 e. The van der Waals surface area contributed by atoms with Crippen molar-refractivity contribution in [2.75, 3.05) is 10.6 Å². The van der Waals surface area contributed by atoms with Crippen LogP contribution in [-0.4, -0.2) is 17.9 Å². The van der Waals surface area contributed by atoms with Gasteiger partial charge < -0.3 is 15.4 Å². The molecule has 2 amide bonds. The van der Waals surface area contributed by atoms with Gasteiger partial charge in [-0.2, -0.15) is 0 Å². The van der Waals surface area contributed by atoms with E-state index in [9.17, 15) is 9.59 Å². The number of para-hydroxylation sites is 2. The summed E-state index contributed by atoms with van der Waals surface area (Å²) in [5, 5.41) is 5.61. The van der Waals surface area contributed by atoms with E-state index in [-0.39, 0.29) is 11.8 Å². The molecule has 142 valence electrons. The molecule has 0 spiro atoms. The fraction of sp³-hybridized carbons (Fsp3) is 0.130. The highest BCUT2D eigenvalue weighted by Crippen LogP contribution is 2.19. The van der Waals surface area contributed by atoms with Gasteiger partial charge in [0.15, 0.2) is 6.10 Å². The highest BCUT2D eigenvalue weighted by molar-refractivity contribution is 6.10. The Kier molecular flexibility index (Phi) is 6.07. The fourth-order valence-corrected chi connectivity index (χ4v) is 2.62. The molecule has 0 unspecified atom stereocenters. The van der Waals surface area contributed by atoms with E-state index in [1.54, 1.807) is 43.3 Å². The highest BCUT2D eigenvalue weighted by Gasteiger charge is 2.18. The number of carbonyl (C=O) groups is 2. The Morgan fingerprint density at radius 3 is 2.18 bits per heavy atom. The van der Waals surface area contributed by atoms with Crippen molar-refractivity contribution in [3.05, 3.63) is 90.0 Å². The van der Waals surface area contributed by atoms with Gasteiger partial charge in [0, 0.05) is 5.69 Å². The molecule has 1 atom stereocenters. The van der Waals surface area contributed by atoms with Crippen molar-refractivity contribution >= 4 is 23.2 Å². The predicted molar refractivity (Wildman–Crippen MR) is 111 cm³/mol. The lowest BCUT2D eigenvalue weighted by Crippen LogP contribution is -2.31. The van der Waals surface area contributed by atoms with Crippen molar-refractivity contribution in [2.24, 2.45) is 0 Å². The number of ether oxygens (including phenoxy) is 1. The first-order valence-corrected chi connectivity index (χ1v) is 9.02. The van der Waals surface area contributed by atoms with Gasteiger partial charge in [-0.25, -0.2) is 0 Å². The maximum atomic E-state index is 12.6. The van der Waals surface area contributed by atoms with Crippen molar-refractivity contribution in [1.29, 1.82) is 0 Å². The zero-order chi connectivity index (χ0) is 19.9. The highest BCUT2D eigenvalue weighted by atomic mass is 16.5. The van der Waals surface area contributed by atoms with Gasteiger partial charge in [0.25, 0.3) is 11.8 Å². The number of aryl methyl sites for hydroxylation is 1. The normalized spacial score (nSPS) is 11.4. The van der Waals surface area contributed by atoms with E-state index >= 15 is 0 Å². The van der Waals surface area contributed by atoms with Crippen LogP contribution in [0.3, 0.4) is 0 Å². The summed E-state index contributed by atoms with van der Waals surface area (Å²) in [4.78, 5) is 25.2. The van der Waals surface area contributed by atoms with Crippen LogP contribution in [0.1, 0.15) is 22.8 Å². The zero-order valence-electron chi connectivity index (χ0n) is 15.8. The number of nitrogens with one attached hydrogen (secondary N) is 2. The summed E-state index contributed by atoms with van der Waals surface area (Å²) in [6, 6.07) is 23.5. The number of rotatable bonds is 6. The maximum absolute atomic E-state index is 12.6. The molecule has 0 aliphatic rings. The summed E-state index contributed by atoms with van der Waals surface area (Å²) >= 11 is 0. The molecule has 3 rings (SSSR count). The minimum atomic E-state index is -0.715. The van der Waals surface area contributed by atoms with E-state index in [4.69, 9.17) is 4.74 Å². The lowest BCUT2D eigenvalue weighted by Gasteiger charge is -2.16. The second kappa shape index (κ2) is 8.86. The van der Waals surface area contributed by atoms with Gasteiger partial charge in [0.2, 0.25) is 0 Å². The van der Waals surface area contributed by atoms with Crippen LogP contribution in [0.25, 0.3) is 0 Å². The standard InChI is InChI=1S/C23H22N2O3/c1-16-12-14-19(15-13-16)28-17(2)22(26)25-21-11-7-6-10-20(21)23(27)24-18-8-4-3-5-9-18/h3-15,17H,1-2H3,(H,24,27)(H,25,26)/t17-/m0/s1. The monoisotopic (exact) mass is 374 g/mol. The number of hydrogen-bond acceptors (Lipinski definition) is 3. The lowest BCUT2D eigenvalue weighted by atomic mass is 10.1. The Morgan fingerprint density at radius 1 is 0.821 bits per heavy atom. The first-order chi connectivity index (χ1) is 13.5. The van der Waals surface area contributed by atoms with Gasteiger partial charge in [0.1, 0.15) is 5.75 Å². The summed E-state index contributed by atoms with van der Waals surface area (Å²) in [6.45, 7) is 3.65. The van der Waals surface area contributed by atoms with E-state index in [1.165, 1.54) is 0 Å². The number of carbonyl (C=O) groups excluding carboxylic acids is 2. The second-order valence-electron chi connectivity index (χ2n) is 6.43. The van der Waals surface area contributed by atoms with Crippen LogP contribution in [0.4, 0.5) is 11.4 Å². The van der Waals surface area contributed by atoms with Crippen LogP contribution in [0, 0.1) is 6.92 Å². The first-order valence-electron chi connectivity index (χ1n) is 9.02. The molecule has 3 aromatic carbocycles. The van der Waals surface area contributed by atoms with E-state index in [2.05, 4.69) is 10.6 Å². The van der Waals surface area contributed by atoms with Crippen LogP contribution in [-0.2, 0) is 4.79 Å². The molecule has 5 nitrogen and oxygen atoms in total. The lowest BCUT2D eigenvalue weighted by molar-refractivity contribution is -0.122. The van der Waals surface area contributed by atoms with E-state index in [0.29, 0.717) is 22.7 Å². The number of hydrogen-bond donors (Lipinski definition) is 2. The van der Waals surface area contributed by atoms with Crippen molar-refractivity contribution in [3.63, 3.8) is 0 Å². The summed E-state index contributed by atoms with van der Waals surface area (Å²) in [5.41, 5.74) is 2.61. The third-order valence-electron chi connectivity index (χ3n) is 4.16. The van der Waals surface area contributed by atoms with Gasteiger partial charge >= 0.3 is 0 Å². The summed E-state index contributed by atoms with van der Waals surface area (Å²) < 4.78 is 5.69. The number of anilines is 2. The Hall–Kier alpha value is -3.60. The van der Waals surface area contributed by atoms with Gasteiger partial charge in [-0.3, -0.25) is 9.59 Å². The fourth-order valence-electron chi connectivity index (χ4n) is 2.62. The SMILES string of the molecule is Cc1ccc(O[C@@H](C)C(=O)Nc2ccccc2C(=O)Nc2ccccc2)cc1. The molecule has 0 heterocycles. The van der Waals surface area contributed by atoms with Crippen molar-refractivity contribution in [2.45, 2.75) is 20.0 Å². The molecule has 28 heavy (non-hydrogen) atoms. The molecule has 0 aliphatic carbocycles. The van der Waals surface area contributed by atoms with Gasteiger partial charge in [-0.05, 0) is 50.2 Å². The molecule has 3 aromatic rings. The molecule has 0 fully saturated rings. The van der Waals surface area contributed by atoms with E-state index < -0.39 is 6.10 Å². The van der Waals surface area contributed by atoms with Gasteiger partial charge in [0.05, 0.1) is 11.3 Å². The molecule has 0 saturated carbocycles. The summed E-state index contributed by atoms with van der Waals surface area (Å²) in [5.74, 6) is -0.0157. The minimum absolute atomic E-state index is 0.297. The third-order valence-corrected chi connectivity index (χ3v) is 4.16. The second-order valence-corrected chi connectivity index (χ2v) is 6.43. The van der Waals surface area contributed by atoms with E-state index in [0.717, 1.165) is 5.56 Å². The van der Waals surface area contributed by atoms with Crippen molar-refractivity contribution in [3.8, 4) is 5.75 Å². The average Bonchev–Trinajstić information content (AvgIpc) is 2.70. The van der Waals surface area contributed by atoms with Crippen LogP contribution in [0.2, 0.25) is 0 Å². The smallest absolute Gasteiger partial charge is 0.265 e. The van der Waals surface area contributed by atoms with E-state index in [1.807, 2.05) is 49.4 Å². The molecule has 0 radical (unpaired) electrons. The molecular formula is C23H22N2O3. The third kappa shape index (κ3) is 4.98. The topological polar surface area (TPSA) is 67.4 Å². The van der Waals surface area contributed by atoms with Crippen LogP contribution in [0.15, 0.2) is 78.9 Å². The Morgan fingerprint density at radius 2 is 1.46 bits per heavy atom. The summed E-state index contributed by atoms with van der Waals surface area (Å²) in [7, 11) is 0. The van der Waals surface area contributed by atoms with Crippen molar-refractivity contribution < 1.29 is 14.3 Å². The molecule has 0 bridgehead atoms. The molecule has 5 heteroatoms. The molecule has 2 N–H and O–H groups in total. The Bertz CT molecular complexity index is 953. The molecular weight excluding hydrogens is 352 g/mol. The average molecular weight is 374 g/mol. The predicted octanol–water partition coefficient (Wildman–Crippen LogP) is 4.65. The van der Waals surface area contributed by atoms with Crippen molar-refractivity contribution in [1.82, 2.24) is 0 Å². The molecule has 0 aromatic heterocycles. The van der Waals surface area contributed by atoms with Crippen LogP contribution < -0.4 is 15.4 Å². The summed E-state index contributed by atoms with van der Waals surface area (Å²) in [6.07, 6.45) is -0.715. The van der Waals surface area contributed by atoms with Crippen LogP contribution in [0.5, 0.6) is 5.75 Å². The zero-order valence-corrected chi connectivity index (χ0v) is 15.8. The van der Waals surface area contributed by atoms with Gasteiger partial charge in [-0.15, -0.1) is 0 Å².